The number of hydrazone groups is 1. The van der Waals surface area contributed by atoms with Crippen LogP contribution in [0.2, 0.25) is 15.1 Å². The van der Waals surface area contributed by atoms with Crippen molar-refractivity contribution < 1.29 is 19.1 Å². The van der Waals surface area contributed by atoms with Gasteiger partial charge in [0.2, 0.25) is 11.8 Å². The molecule has 2 aromatic carbocycles. The highest BCUT2D eigenvalue weighted by molar-refractivity contribution is 8.15. The fourth-order valence-corrected chi connectivity index (χ4v) is 4.52. The number of nitrogens with zero attached hydrogens (tertiary/aromatic N) is 2. The smallest absolute Gasteiger partial charge is 0.278 e. The number of ether oxygens (including phenoxy) is 1. The number of hydrogen-bond donors (Lipinski definition) is 2. The summed E-state index contributed by atoms with van der Waals surface area (Å²) in [5, 5.41) is 7.00. The molecule has 12 heteroatoms. The zero-order valence-corrected chi connectivity index (χ0v) is 20.7. The number of carbonyl (C=O) groups excluding carboxylic acids is 3. The second-order valence-corrected chi connectivity index (χ2v) is 9.27. The van der Waals surface area contributed by atoms with Crippen LogP contribution in [0.25, 0.3) is 0 Å². The molecule has 1 fully saturated rings. The number of amides is 3. The lowest BCUT2D eigenvalue weighted by molar-refractivity contribution is -0.128. The molecule has 1 unspecified atom stereocenters. The van der Waals surface area contributed by atoms with Gasteiger partial charge in [-0.05, 0) is 18.2 Å². The Balaban J connectivity index is 1.59. The van der Waals surface area contributed by atoms with Crippen LogP contribution in [0.15, 0.2) is 60.2 Å². The van der Waals surface area contributed by atoms with E-state index in [1.54, 1.807) is 24.3 Å². The fourth-order valence-electron chi connectivity index (χ4n) is 2.82. The summed E-state index contributed by atoms with van der Waals surface area (Å²) in [5.74, 6) is -1.03. The highest BCUT2D eigenvalue weighted by Crippen LogP contribution is 2.34. The average Bonchev–Trinajstić information content (AvgIpc) is 3.09. The third-order valence-corrected chi connectivity index (χ3v) is 6.56. The second kappa shape index (κ2) is 12.1. The molecule has 0 spiro atoms. The van der Waals surface area contributed by atoms with Crippen molar-refractivity contribution in [3.05, 3.63) is 70.2 Å². The zero-order valence-electron chi connectivity index (χ0n) is 17.6. The highest BCUT2D eigenvalue weighted by Gasteiger charge is 2.38. The van der Waals surface area contributed by atoms with Crippen LogP contribution in [0, 0.1) is 0 Å². The van der Waals surface area contributed by atoms with E-state index in [1.165, 1.54) is 23.1 Å². The van der Waals surface area contributed by atoms with Crippen LogP contribution in [0.3, 0.4) is 0 Å². The van der Waals surface area contributed by atoms with Crippen LogP contribution in [0.1, 0.15) is 6.42 Å². The number of carbonyl (C=O) groups is 3. The number of amidine groups is 1. The summed E-state index contributed by atoms with van der Waals surface area (Å²) >= 11 is 18.9. The highest BCUT2D eigenvalue weighted by atomic mass is 35.5. The summed E-state index contributed by atoms with van der Waals surface area (Å²) in [5.41, 5.74) is 2.97. The molecule has 0 radical (unpaired) electrons. The van der Waals surface area contributed by atoms with Crippen molar-refractivity contribution in [3.8, 4) is 5.75 Å². The summed E-state index contributed by atoms with van der Waals surface area (Å²) in [7, 11) is 0. The first-order valence-corrected chi connectivity index (χ1v) is 11.9. The summed E-state index contributed by atoms with van der Waals surface area (Å²) in [4.78, 5) is 38.7. The van der Waals surface area contributed by atoms with E-state index in [-0.39, 0.29) is 50.8 Å². The summed E-state index contributed by atoms with van der Waals surface area (Å²) in [6, 6.07) is 11.7. The first kappa shape index (κ1) is 25.9. The molecule has 1 aliphatic heterocycles. The maximum absolute atomic E-state index is 12.8. The Labute approximate surface area is 215 Å². The van der Waals surface area contributed by atoms with E-state index in [2.05, 4.69) is 22.4 Å². The number of benzene rings is 2. The van der Waals surface area contributed by atoms with Crippen LogP contribution < -0.4 is 15.5 Å². The van der Waals surface area contributed by atoms with E-state index in [1.807, 2.05) is 6.07 Å². The molecule has 0 bridgehead atoms. The Bertz CT molecular complexity index is 1130. The van der Waals surface area contributed by atoms with Gasteiger partial charge in [-0.25, -0.2) is 5.43 Å². The maximum Gasteiger partial charge on any atom is 0.278 e. The molecule has 0 saturated carbocycles. The van der Waals surface area contributed by atoms with E-state index in [0.717, 1.165) is 11.8 Å². The summed E-state index contributed by atoms with van der Waals surface area (Å²) in [6.07, 6.45) is 1.47. The molecule has 1 heterocycles. The molecule has 178 valence electrons. The molecule has 1 atom stereocenters. The third kappa shape index (κ3) is 6.89. The monoisotopic (exact) mass is 540 g/mol. The normalized spacial score (nSPS) is 16.4. The Kier molecular flexibility index (Phi) is 9.23. The predicted molar refractivity (Wildman–Crippen MR) is 136 cm³/mol. The third-order valence-electron chi connectivity index (χ3n) is 4.37. The van der Waals surface area contributed by atoms with E-state index in [0.29, 0.717) is 5.69 Å². The summed E-state index contributed by atoms with van der Waals surface area (Å²) in [6.45, 7) is 3.41. The van der Waals surface area contributed by atoms with Gasteiger partial charge in [-0.3, -0.25) is 19.3 Å². The predicted octanol–water partition coefficient (Wildman–Crippen LogP) is 4.57. The molecule has 2 N–H and O–H groups in total. The number of para-hydroxylation sites is 1. The standard InChI is InChI=1S/C22H19Cl3N4O4S/c1-2-8-29-21(32)18(11-19(30)26-13-6-4-3-5-7-13)34-22(29)28-27-20(31)12-33-17-10-15(24)14(23)9-16(17)25/h2-7,9-10,18H,1,8,11-12H2,(H,26,30)(H,27,31). The lowest BCUT2D eigenvalue weighted by Gasteiger charge is -2.14. The number of hydrogen-bond acceptors (Lipinski definition) is 6. The molecule has 3 amide bonds. The first-order valence-electron chi connectivity index (χ1n) is 9.86. The zero-order chi connectivity index (χ0) is 24.7. The molecule has 3 rings (SSSR count). The fraction of sp³-hybridized carbons (Fsp3) is 0.182. The number of rotatable bonds is 9. The van der Waals surface area contributed by atoms with Gasteiger partial charge < -0.3 is 10.1 Å². The van der Waals surface area contributed by atoms with Crippen LogP contribution in [0.4, 0.5) is 5.69 Å². The van der Waals surface area contributed by atoms with Crippen LogP contribution >= 0.6 is 46.6 Å². The van der Waals surface area contributed by atoms with Crippen LogP contribution in [0.5, 0.6) is 5.75 Å². The Morgan fingerprint density at radius 2 is 1.82 bits per heavy atom. The molecule has 8 nitrogen and oxygen atoms in total. The minimum absolute atomic E-state index is 0.0576. The SMILES string of the molecule is C=CCN1C(=O)C(CC(=O)Nc2ccccc2)SC1=NNC(=O)COc1cc(Cl)c(Cl)cc1Cl. The molecular formula is C22H19Cl3N4O4S. The Morgan fingerprint density at radius 1 is 1.12 bits per heavy atom. The van der Waals surface area contributed by atoms with Gasteiger partial charge >= 0.3 is 0 Å². The van der Waals surface area contributed by atoms with Crippen LogP contribution in [-0.2, 0) is 14.4 Å². The van der Waals surface area contributed by atoms with E-state index in [9.17, 15) is 14.4 Å². The molecule has 2 aromatic rings. The minimum Gasteiger partial charge on any atom is -0.482 e. The number of thioether (sulfide) groups is 1. The minimum atomic E-state index is -0.689. The van der Waals surface area contributed by atoms with Gasteiger partial charge in [0, 0.05) is 24.7 Å². The average molecular weight is 542 g/mol. The van der Waals surface area contributed by atoms with Gasteiger partial charge in [0.1, 0.15) is 11.0 Å². The van der Waals surface area contributed by atoms with Crippen molar-refractivity contribution in [1.82, 2.24) is 10.3 Å². The molecular weight excluding hydrogens is 523 g/mol. The van der Waals surface area contributed by atoms with Crippen molar-refractivity contribution in [1.29, 1.82) is 0 Å². The van der Waals surface area contributed by atoms with Crippen molar-refractivity contribution >= 4 is 75.1 Å². The number of nitrogens with one attached hydrogen (secondary N) is 2. The largest absolute Gasteiger partial charge is 0.482 e. The van der Waals surface area contributed by atoms with E-state index < -0.39 is 17.8 Å². The Morgan fingerprint density at radius 3 is 2.53 bits per heavy atom. The Hall–Kier alpha value is -2.72. The van der Waals surface area contributed by atoms with E-state index >= 15 is 0 Å². The maximum atomic E-state index is 12.8. The molecule has 1 aliphatic rings. The topological polar surface area (TPSA) is 100 Å². The van der Waals surface area contributed by atoms with Gasteiger partial charge in [0.25, 0.3) is 5.91 Å². The van der Waals surface area contributed by atoms with Gasteiger partial charge in [0.15, 0.2) is 11.8 Å². The lowest BCUT2D eigenvalue weighted by Crippen LogP contribution is -2.35. The summed E-state index contributed by atoms with van der Waals surface area (Å²) < 4.78 is 5.36. The van der Waals surface area contributed by atoms with E-state index in [4.69, 9.17) is 39.5 Å². The number of halogens is 3. The van der Waals surface area contributed by atoms with Gasteiger partial charge in [0.05, 0.1) is 15.1 Å². The van der Waals surface area contributed by atoms with Crippen molar-refractivity contribution in [2.24, 2.45) is 5.10 Å². The van der Waals surface area contributed by atoms with Crippen molar-refractivity contribution in [2.75, 3.05) is 18.5 Å². The first-order chi connectivity index (χ1) is 16.3. The van der Waals surface area contributed by atoms with Crippen molar-refractivity contribution in [2.45, 2.75) is 11.7 Å². The molecule has 34 heavy (non-hydrogen) atoms. The van der Waals surface area contributed by atoms with Gasteiger partial charge in [-0.1, -0.05) is 70.8 Å². The molecule has 1 saturated heterocycles. The van der Waals surface area contributed by atoms with Crippen molar-refractivity contribution in [3.63, 3.8) is 0 Å². The lowest BCUT2D eigenvalue weighted by atomic mass is 10.2. The van der Waals surface area contributed by atoms with Gasteiger partial charge in [-0.2, -0.15) is 0 Å². The molecule has 0 aliphatic carbocycles. The number of anilines is 1. The molecule has 0 aromatic heterocycles. The van der Waals surface area contributed by atoms with Gasteiger partial charge in [-0.15, -0.1) is 11.7 Å². The second-order valence-electron chi connectivity index (χ2n) is 6.88. The van der Waals surface area contributed by atoms with Crippen LogP contribution in [-0.4, -0.2) is 46.2 Å². The quantitative estimate of drug-likeness (QED) is 0.275.